The first-order valence-electron chi connectivity index (χ1n) is 10.3. The molecule has 2 aliphatic rings. The van der Waals surface area contributed by atoms with Crippen molar-refractivity contribution >= 4 is 5.91 Å². The van der Waals surface area contributed by atoms with Gasteiger partial charge in [-0.25, -0.2) is 9.97 Å². The van der Waals surface area contributed by atoms with Crippen LogP contribution in [0.4, 0.5) is 0 Å². The molecule has 0 radical (unpaired) electrons. The van der Waals surface area contributed by atoms with Crippen molar-refractivity contribution in [2.24, 2.45) is 0 Å². The van der Waals surface area contributed by atoms with E-state index in [0.29, 0.717) is 18.0 Å². The third-order valence-electron chi connectivity index (χ3n) is 5.77. The second-order valence-electron chi connectivity index (χ2n) is 7.87. The molecule has 2 fully saturated rings. The van der Waals surface area contributed by atoms with Crippen LogP contribution in [0.2, 0.25) is 0 Å². The van der Waals surface area contributed by atoms with Crippen LogP contribution in [0, 0.1) is 0 Å². The van der Waals surface area contributed by atoms with Crippen LogP contribution in [0.25, 0.3) is 11.1 Å². The van der Waals surface area contributed by atoms with Crippen molar-refractivity contribution in [1.29, 1.82) is 0 Å². The summed E-state index contributed by atoms with van der Waals surface area (Å²) in [5, 5.41) is 0. The maximum absolute atomic E-state index is 13.0. The highest BCUT2D eigenvalue weighted by atomic mass is 16.2. The van der Waals surface area contributed by atoms with E-state index < -0.39 is 0 Å². The van der Waals surface area contributed by atoms with Crippen LogP contribution >= 0.6 is 0 Å². The van der Waals surface area contributed by atoms with E-state index in [2.05, 4.69) is 15.0 Å². The number of rotatable bonds is 4. The van der Waals surface area contributed by atoms with Crippen molar-refractivity contribution < 1.29 is 4.79 Å². The fourth-order valence-electron chi connectivity index (χ4n) is 4.07. The van der Waals surface area contributed by atoms with E-state index in [1.807, 2.05) is 35.4 Å². The molecule has 0 spiro atoms. The van der Waals surface area contributed by atoms with Crippen LogP contribution in [0.5, 0.6) is 0 Å². The Morgan fingerprint density at radius 3 is 2.59 bits per heavy atom. The van der Waals surface area contributed by atoms with Gasteiger partial charge in [0, 0.05) is 61.5 Å². The third-order valence-corrected chi connectivity index (χ3v) is 5.77. The van der Waals surface area contributed by atoms with Gasteiger partial charge >= 0.3 is 0 Å². The molecular weight excluding hydrogens is 362 g/mol. The number of nitrogens with zero attached hydrogens (tertiary/aromatic N) is 5. The zero-order chi connectivity index (χ0) is 19.6. The van der Waals surface area contributed by atoms with Gasteiger partial charge in [0.2, 0.25) is 0 Å². The molecule has 6 heteroatoms. The van der Waals surface area contributed by atoms with Gasteiger partial charge in [0.25, 0.3) is 5.91 Å². The van der Waals surface area contributed by atoms with Crippen molar-refractivity contribution in [3.05, 3.63) is 72.3 Å². The molecule has 29 heavy (non-hydrogen) atoms. The first-order chi connectivity index (χ1) is 14.3. The monoisotopic (exact) mass is 385 g/mol. The second-order valence-corrected chi connectivity index (χ2v) is 7.87. The first kappa shape index (κ1) is 17.9. The van der Waals surface area contributed by atoms with E-state index >= 15 is 0 Å². The molecule has 3 aromatic rings. The van der Waals surface area contributed by atoms with Gasteiger partial charge in [-0.05, 0) is 55.5 Å². The zero-order valence-electron chi connectivity index (χ0n) is 16.2. The highest BCUT2D eigenvalue weighted by Gasteiger charge is 2.31. The van der Waals surface area contributed by atoms with Gasteiger partial charge < -0.3 is 4.90 Å². The Labute approximate surface area is 170 Å². The van der Waals surface area contributed by atoms with Crippen LogP contribution in [0.1, 0.15) is 59.4 Å². The molecule has 4 heterocycles. The number of aromatic nitrogens is 4. The number of amides is 1. The Hall–Kier alpha value is -3.15. The third kappa shape index (κ3) is 3.75. The molecule has 1 unspecified atom stereocenters. The predicted octanol–water partition coefficient (Wildman–Crippen LogP) is 3.83. The maximum Gasteiger partial charge on any atom is 0.255 e. The molecule has 0 N–H and O–H groups in total. The lowest BCUT2D eigenvalue weighted by molar-refractivity contribution is 0.0705. The molecule has 0 aromatic carbocycles. The Morgan fingerprint density at radius 1 is 0.966 bits per heavy atom. The van der Waals surface area contributed by atoms with E-state index in [9.17, 15) is 4.79 Å². The highest BCUT2D eigenvalue weighted by Crippen LogP contribution is 2.40. The average molecular weight is 385 g/mol. The first-order valence-corrected chi connectivity index (χ1v) is 10.3. The van der Waals surface area contributed by atoms with Crippen LogP contribution in [-0.2, 0) is 0 Å². The Kier molecular flexibility index (Phi) is 4.76. The molecule has 1 atom stereocenters. The molecule has 1 amide bonds. The van der Waals surface area contributed by atoms with Crippen molar-refractivity contribution in [1.82, 2.24) is 24.8 Å². The quantitative estimate of drug-likeness (QED) is 0.682. The summed E-state index contributed by atoms with van der Waals surface area (Å²) in [5.74, 6) is 1.70. The van der Waals surface area contributed by atoms with E-state index in [1.165, 1.54) is 12.8 Å². The summed E-state index contributed by atoms with van der Waals surface area (Å²) in [4.78, 5) is 32.8. The lowest BCUT2D eigenvalue weighted by Gasteiger charge is -2.33. The minimum atomic E-state index is 0.0460. The number of hydrogen-bond donors (Lipinski definition) is 0. The minimum absolute atomic E-state index is 0.0460. The summed E-state index contributed by atoms with van der Waals surface area (Å²) in [7, 11) is 0. The number of likely N-dealkylation sites (tertiary alicyclic amines) is 1. The highest BCUT2D eigenvalue weighted by molar-refractivity contribution is 5.94. The average Bonchev–Trinajstić information content (AvgIpc) is 3.65. The summed E-state index contributed by atoms with van der Waals surface area (Å²) >= 11 is 0. The standard InChI is InChI=1S/C23H23N5O/c29-23(18-3-1-9-25-13-18)28-12-2-4-19(15-28)21-20(16-7-10-24-11-8-16)14-26-22(27-21)17-5-6-17/h1,3,7-11,13-14,17,19H,2,4-6,12,15H2. The Balaban J connectivity index is 1.47. The number of carbonyl (C=O) groups excluding carboxylic acids is 1. The number of pyridine rings is 2. The summed E-state index contributed by atoms with van der Waals surface area (Å²) < 4.78 is 0. The van der Waals surface area contributed by atoms with Crippen LogP contribution in [0.15, 0.2) is 55.2 Å². The fraction of sp³-hybridized carbons (Fsp3) is 0.348. The number of piperidine rings is 1. The smallest absolute Gasteiger partial charge is 0.255 e. The predicted molar refractivity (Wildman–Crippen MR) is 109 cm³/mol. The molecule has 1 saturated heterocycles. The molecular formula is C23H23N5O. The second kappa shape index (κ2) is 7.70. The van der Waals surface area contributed by atoms with Gasteiger partial charge in [0.15, 0.2) is 0 Å². The molecule has 0 bridgehead atoms. The molecule has 6 nitrogen and oxygen atoms in total. The van der Waals surface area contributed by atoms with E-state index in [1.54, 1.807) is 24.8 Å². The van der Waals surface area contributed by atoms with Crippen molar-refractivity contribution in [2.75, 3.05) is 13.1 Å². The van der Waals surface area contributed by atoms with Gasteiger partial charge in [-0.2, -0.15) is 0 Å². The van der Waals surface area contributed by atoms with Crippen LogP contribution < -0.4 is 0 Å². The molecule has 3 aromatic heterocycles. The van der Waals surface area contributed by atoms with Crippen molar-refractivity contribution in [2.45, 2.75) is 37.5 Å². The summed E-state index contributed by atoms with van der Waals surface area (Å²) in [5.41, 5.74) is 3.84. The lowest BCUT2D eigenvalue weighted by Crippen LogP contribution is -2.39. The van der Waals surface area contributed by atoms with Crippen molar-refractivity contribution in [3.8, 4) is 11.1 Å². The largest absolute Gasteiger partial charge is 0.338 e. The van der Waals surface area contributed by atoms with E-state index in [-0.39, 0.29) is 11.8 Å². The normalized spacial score (nSPS) is 19.2. The Morgan fingerprint density at radius 2 is 1.83 bits per heavy atom. The molecule has 5 rings (SSSR count). The lowest BCUT2D eigenvalue weighted by atomic mass is 9.89. The van der Waals surface area contributed by atoms with Crippen LogP contribution in [-0.4, -0.2) is 43.8 Å². The topological polar surface area (TPSA) is 71.9 Å². The number of hydrogen-bond acceptors (Lipinski definition) is 5. The molecule has 1 aliphatic carbocycles. The van der Waals surface area contributed by atoms with Crippen molar-refractivity contribution in [3.63, 3.8) is 0 Å². The minimum Gasteiger partial charge on any atom is -0.338 e. The van der Waals surface area contributed by atoms with Gasteiger partial charge in [-0.1, -0.05) is 0 Å². The molecule has 1 aliphatic heterocycles. The van der Waals surface area contributed by atoms with Gasteiger partial charge in [-0.3, -0.25) is 14.8 Å². The Bertz CT molecular complexity index is 1000. The summed E-state index contributed by atoms with van der Waals surface area (Å²) in [6.07, 6.45) is 13.2. The van der Waals surface area contributed by atoms with E-state index in [4.69, 9.17) is 4.98 Å². The fourth-order valence-corrected chi connectivity index (χ4v) is 4.07. The molecule has 146 valence electrons. The summed E-state index contributed by atoms with van der Waals surface area (Å²) in [6.45, 7) is 1.45. The zero-order valence-corrected chi connectivity index (χ0v) is 16.2. The number of carbonyl (C=O) groups is 1. The van der Waals surface area contributed by atoms with Gasteiger partial charge in [0.1, 0.15) is 5.82 Å². The summed E-state index contributed by atoms with van der Waals surface area (Å²) in [6, 6.07) is 7.64. The molecule has 1 saturated carbocycles. The van der Waals surface area contributed by atoms with E-state index in [0.717, 1.165) is 42.0 Å². The van der Waals surface area contributed by atoms with Gasteiger partial charge in [0.05, 0.1) is 11.3 Å². The SMILES string of the molecule is O=C(c1cccnc1)N1CCCC(c2nc(C3CC3)ncc2-c2ccncc2)C1. The van der Waals surface area contributed by atoms with Gasteiger partial charge in [-0.15, -0.1) is 0 Å². The van der Waals surface area contributed by atoms with Crippen LogP contribution in [0.3, 0.4) is 0 Å². The maximum atomic E-state index is 13.0.